The van der Waals surface area contributed by atoms with Crippen LogP contribution in [-0.4, -0.2) is 84.5 Å². The van der Waals surface area contributed by atoms with E-state index in [1.54, 1.807) is 14.1 Å². The number of phenols is 1. The predicted molar refractivity (Wildman–Crippen MR) is 112 cm³/mol. The summed E-state index contributed by atoms with van der Waals surface area (Å²) >= 11 is 0. The quantitative estimate of drug-likeness (QED) is 0.287. The molecule has 0 radical (unpaired) electrons. The minimum atomic E-state index is -2.43. The summed E-state index contributed by atoms with van der Waals surface area (Å²) in [7, 11) is 3.17. The first kappa shape index (κ1) is 22.6. The maximum absolute atomic E-state index is 12.0. The van der Waals surface area contributed by atoms with Crippen LogP contribution in [0, 0.1) is 11.8 Å². The fourth-order valence-electron chi connectivity index (χ4n) is 5.90. The molecule has 1 saturated carbocycles. The first-order chi connectivity index (χ1) is 14.8. The monoisotopic (exact) mass is 448 g/mol. The summed E-state index contributed by atoms with van der Waals surface area (Å²) in [5, 5.41) is 77.6. The second-order valence-electron chi connectivity index (χ2n) is 9.31. The lowest BCUT2D eigenvalue weighted by molar-refractivity contribution is -0.206. The molecule has 10 heteroatoms. The van der Waals surface area contributed by atoms with Crippen molar-refractivity contribution in [3.63, 3.8) is 0 Å². The molecule has 0 saturated heterocycles. The van der Waals surface area contributed by atoms with Crippen LogP contribution >= 0.6 is 0 Å². The average molecular weight is 448 g/mol. The number of rotatable bonds is 2. The number of benzene rings is 1. The molecule has 0 aromatic heterocycles. The largest absolute Gasteiger partial charge is 0.510 e. The van der Waals surface area contributed by atoms with E-state index in [1.807, 2.05) is 0 Å². The zero-order valence-electron chi connectivity index (χ0n) is 17.9. The number of carbonyl (C=O) groups is 1. The van der Waals surface area contributed by atoms with Crippen molar-refractivity contribution in [2.45, 2.75) is 42.8 Å². The molecular weight excluding hydrogens is 420 g/mol. The van der Waals surface area contributed by atoms with E-state index in [2.05, 4.69) is 0 Å². The molecular formula is C22H28N2O8. The van der Waals surface area contributed by atoms with Crippen LogP contribution in [0.3, 0.4) is 0 Å². The van der Waals surface area contributed by atoms with Crippen LogP contribution in [0.2, 0.25) is 0 Å². The van der Waals surface area contributed by atoms with Gasteiger partial charge in [0.15, 0.2) is 0 Å². The number of amides is 1. The molecule has 1 amide bonds. The lowest BCUT2D eigenvalue weighted by Gasteiger charge is -2.58. The minimum absolute atomic E-state index is 0.0783. The summed E-state index contributed by atoms with van der Waals surface area (Å²) < 4.78 is 0. The normalized spacial score (nSPS) is 38.9. The van der Waals surface area contributed by atoms with Crippen molar-refractivity contribution >= 4 is 11.7 Å². The summed E-state index contributed by atoms with van der Waals surface area (Å²) in [5.74, 6) is -4.55. The Morgan fingerprint density at radius 1 is 1.12 bits per heavy atom. The Kier molecular flexibility index (Phi) is 4.89. The summed E-state index contributed by atoms with van der Waals surface area (Å²) in [6, 6.07) is 3.33. The zero-order chi connectivity index (χ0) is 23.9. The standard InChI is InChI=1S/C22H28N2O8/c1-21(31)8-5-4-6-11(25)12(8)16(26)13-9(21)7-10-15(24(2)3)17(27)14(20(23)30)19(29)22(10,32)18(13)28/h4-6,9-10,15,18-19,25-29,31-32H,7H2,1-3H3,(H2,23,30)/t9-,10-,15-,18?,19-,21+,22-/m0/s1. The van der Waals surface area contributed by atoms with E-state index in [0.29, 0.717) is 0 Å². The molecule has 1 aromatic rings. The SMILES string of the molecule is CN(C)[C@@H]1C(O)=C(C(N)=O)[C@H](O)[C@@]2(O)C(O)C3=C(O)c4c(O)cccc4[C@@](C)(O)[C@H]3C[C@@H]12. The topological polar surface area (TPSA) is 188 Å². The van der Waals surface area contributed by atoms with Gasteiger partial charge in [0.25, 0.3) is 5.91 Å². The van der Waals surface area contributed by atoms with Gasteiger partial charge < -0.3 is 41.5 Å². The fourth-order valence-corrected chi connectivity index (χ4v) is 5.90. The maximum atomic E-state index is 12.0. The Labute approximate surface area is 184 Å². The first-order valence-corrected chi connectivity index (χ1v) is 10.2. The van der Waals surface area contributed by atoms with Gasteiger partial charge >= 0.3 is 0 Å². The number of phenolic OH excluding ortho intramolecular Hbond substituents is 1. The first-order valence-electron chi connectivity index (χ1n) is 10.2. The number of aromatic hydroxyl groups is 1. The molecule has 4 rings (SSSR count). The minimum Gasteiger partial charge on any atom is -0.510 e. The molecule has 174 valence electrons. The second kappa shape index (κ2) is 6.93. The number of hydrogen-bond acceptors (Lipinski definition) is 9. The van der Waals surface area contributed by atoms with Crippen LogP contribution in [0.5, 0.6) is 5.75 Å². The van der Waals surface area contributed by atoms with Crippen LogP contribution in [0.1, 0.15) is 24.5 Å². The molecule has 1 unspecified atom stereocenters. The third-order valence-electron chi connectivity index (χ3n) is 7.44. The van der Waals surface area contributed by atoms with Crippen molar-refractivity contribution in [2.24, 2.45) is 17.6 Å². The number of fused-ring (bicyclic) bond motifs is 3. The van der Waals surface area contributed by atoms with Gasteiger partial charge in [0.05, 0.1) is 22.8 Å². The fraction of sp³-hybridized carbons (Fsp3) is 0.500. The van der Waals surface area contributed by atoms with Crippen molar-refractivity contribution in [3.8, 4) is 5.75 Å². The Morgan fingerprint density at radius 2 is 1.75 bits per heavy atom. The van der Waals surface area contributed by atoms with Crippen molar-refractivity contribution in [1.82, 2.24) is 4.90 Å². The smallest absolute Gasteiger partial charge is 0.250 e. The predicted octanol–water partition coefficient (Wildman–Crippen LogP) is -0.787. The van der Waals surface area contributed by atoms with Gasteiger partial charge in [-0.2, -0.15) is 0 Å². The van der Waals surface area contributed by atoms with Crippen LogP contribution < -0.4 is 5.73 Å². The summed E-state index contributed by atoms with van der Waals surface area (Å²) in [5.41, 5.74) is 0.588. The molecule has 3 aliphatic rings. The average Bonchev–Trinajstić information content (AvgIpc) is 2.68. The highest BCUT2D eigenvalue weighted by Gasteiger charge is 2.66. The molecule has 7 atom stereocenters. The third kappa shape index (κ3) is 2.61. The molecule has 0 aliphatic heterocycles. The van der Waals surface area contributed by atoms with Crippen LogP contribution in [0.15, 0.2) is 35.1 Å². The molecule has 9 N–H and O–H groups in total. The number of nitrogens with zero attached hydrogens (tertiary/aromatic N) is 1. The van der Waals surface area contributed by atoms with E-state index >= 15 is 0 Å². The molecule has 0 bridgehead atoms. The Balaban J connectivity index is 2.01. The number of carbonyl (C=O) groups excluding carboxylic acids is 1. The van der Waals surface area contributed by atoms with Gasteiger partial charge in [-0.1, -0.05) is 12.1 Å². The highest BCUT2D eigenvalue weighted by molar-refractivity contribution is 5.94. The summed E-state index contributed by atoms with van der Waals surface area (Å²) in [6.45, 7) is 1.47. The van der Waals surface area contributed by atoms with Crippen LogP contribution in [0.25, 0.3) is 5.76 Å². The van der Waals surface area contributed by atoms with Gasteiger partial charge in [0, 0.05) is 17.4 Å². The summed E-state index contributed by atoms with van der Waals surface area (Å²) in [6.07, 6.45) is -4.09. The number of likely N-dealkylation sites (N-methyl/N-ethyl adjacent to an activating group) is 1. The van der Waals surface area contributed by atoms with E-state index < -0.39 is 64.3 Å². The van der Waals surface area contributed by atoms with Gasteiger partial charge in [0.2, 0.25) is 0 Å². The molecule has 3 aliphatic carbocycles. The van der Waals surface area contributed by atoms with Gasteiger partial charge in [-0.05, 0) is 39.1 Å². The highest BCUT2D eigenvalue weighted by atomic mass is 16.4. The number of aliphatic hydroxyl groups is 6. The van der Waals surface area contributed by atoms with Crippen LogP contribution in [-0.2, 0) is 10.4 Å². The van der Waals surface area contributed by atoms with E-state index in [4.69, 9.17) is 5.73 Å². The molecule has 0 spiro atoms. The van der Waals surface area contributed by atoms with Crippen molar-refractivity contribution in [3.05, 3.63) is 46.2 Å². The molecule has 1 fully saturated rings. The third-order valence-corrected chi connectivity index (χ3v) is 7.44. The van der Waals surface area contributed by atoms with Crippen molar-refractivity contribution in [2.75, 3.05) is 14.1 Å². The van der Waals surface area contributed by atoms with E-state index in [9.17, 15) is 40.5 Å². The lowest BCUT2D eigenvalue weighted by atomic mass is 9.53. The Morgan fingerprint density at radius 3 is 2.31 bits per heavy atom. The van der Waals surface area contributed by atoms with E-state index in [1.165, 1.54) is 30.0 Å². The lowest BCUT2D eigenvalue weighted by Crippen LogP contribution is -2.71. The van der Waals surface area contributed by atoms with Crippen molar-refractivity contribution < 1.29 is 40.5 Å². The number of hydrogen-bond donors (Lipinski definition) is 8. The van der Waals surface area contributed by atoms with E-state index in [0.717, 1.165) is 0 Å². The molecule has 10 nitrogen and oxygen atoms in total. The molecule has 1 aromatic carbocycles. The molecule has 0 heterocycles. The molecule has 32 heavy (non-hydrogen) atoms. The number of nitrogens with two attached hydrogens (primary N) is 1. The number of aliphatic hydroxyl groups excluding tert-OH is 4. The summed E-state index contributed by atoms with van der Waals surface area (Å²) in [4.78, 5) is 13.5. The Hall–Kier alpha value is -2.63. The highest BCUT2D eigenvalue weighted by Crippen LogP contribution is 2.58. The van der Waals surface area contributed by atoms with Gasteiger partial charge in [-0.3, -0.25) is 9.69 Å². The Bertz CT molecular complexity index is 1060. The second-order valence-corrected chi connectivity index (χ2v) is 9.31. The van der Waals surface area contributed by atoms with Crippen LogP contribution in [0.4, 0.5) is 0 Å². The van der Waals surface area contributed by atoms with Gasteiger partial charge in [-0.25, -0.2) is 0 Å². The number of primary amides is 1. The zero-order valence-corrected chi connectivity index (χ0v) is 17.9. The van der Waals surface area contributed by atoms with Gasteiger partial charge in [-0.15, -0.1) is 0 Å². The van der Waals surface area contributed by atoms with Crippen molar-refractivity contribution in [1.29, 1.82) is 0 Å². The van der Waals surface area contributed by atoms with E-state index in [-0.39, 0.29) is 28.9 Å². The van der Waals surface area contributed by atoms with Gasteiger partial charge in [0.1, 0.15) is 35.1 Å². The maximum Gasteiger partial charge on any atom is 0.250 e.